The van der Waals surface area contributed by atoms with Crippen molar-refractivity contribution in [3.8, 4) is 5.75 Å². The van der Waals surface area contributed by atoms with E-state index in [1.807, 2.05) is 30.3 Å². The summed E-state index contributed by atoms with van der Waals surface area (Å²) in [6.07, 6.45) is 0. The molecule has 1 rings (SSSR count). The number of rotatable bonds is 6. The molecular weight excluding hydrogens is 246 g/mol. The molecule has 0 aliphatic rings. The highest BCUT2D eigenvalue weighted by Crippen LogP contribution is 2.22. The highest BCUT2D eigenvalue weighted by molar-refractivity contribution is 8.01. The highest BCUT2D eigenvalue weighted by atomic mass is 32.2. The van der Waals surface area contributed by atoms with E-state index in [1.165, 1.54) is 0 Å². The second-order valence-corrected chi connectivity index (χ2v) is 6.71. The molecule has 0 radical (unpaired) electrons. The average Bonchev–Trinajstić information content (AvgIpc) is 2.33. The molecule has 0 aliphatic heterocycles. The molecule has 0 fully saturated rings. The van der Waals surface area contributed by atoms with Gasteiger partial charge in [-0.15, -0.1) is 11.8 Å². The van der Waals surface area contributed by atoms with Gasteiger partial charge in [0.1, 0.15) is 12.4 Å². The molecule has 0 bridgehead atoms. The molecule has 0 heterocycles. The Morgan fingerprint density at radius 2 is 1.94 bits per heavy atom. The van der Waals surface area contributed by atoms with Crippen molar-refractivity contribution in [2.75, 3.05) is 18.9 Å². The number of amides is 1. The quantitative estimate of drug-likeness (QED) is 0.805. The van der Waals surface area contributed by atoms with Gasteiger partial charge in [0.15, 0.2) is 0 Å². The van der Waals surface area contributed by atoms with Crippen molar-refractivity contribution in [1.82, 2.24) is 5.32 Å². The zero-order valence-electron chi connectivity index (χ0n) is 11.2. The van der Waals surface area contributed by atoms with Crippen LogP contribution in [0.15, 0.2) is 30.3 Å². The molecule has 0 saturated heterocycles. The lowest BCUT2D eigenvalue weighted by molar-refractivity contribution is -0.118. The second kappa shape index (κ2) is 7.31. The topological polar surface area (TPSA) is 38.3 Å². The van der Waals surface area contributed by atoms with Crippen molar-refractivity contribution < 1.29 is 9.53 Å². The number of nitrogens with one attached hydrogen (secondary N) is 1. The van der Waals surface area contributed by atoms with Gasteiger partial charge in [0.2, 0.25) is 5.91 Å². The van der Waals surface area contributed by atoms with Crippen LogP contribution in [-0.4, -0.2) is 29.6 Å². The summed E-state index contributed by atoms with van der Waals surface area (Å²) in [5, 5.41) is 2.84. The number of ether oxygens (including phenoxy) is 1. The summed E-state index contributed by atoms with van der Waals surface area (Å²) in [4.78, 5) is 11.5. The van der Waals surface area contributed by atoms with Gasteiger partial charge >= 0.3 is 0 Å². The van der Waals surface area contributed by atoms with Crippen LogP contribution >= 0.6 is 11.8 Å². The molecule has 1 aromatic carbocycles. The number of benzene rings is 1. The summed E-state index contributed by atoms with van der Waals surface area (Å²) in [5.41, 5.74) is 0. The Hall–Kier alpha value is -1.16. The molecule has 0 unspecified atom stereocenters. The smallest absolute Gasteiger partial charge is 0.230 e. The van der Waals surface area contributed by atoms with Gasteiger partial charge in [0, 0.05) is 4.75 Å². The Labute approximate surface area is 113 Å². The van der Waals surface area contributed by atoms with Crippen molar-refractivity contribution in [2.45, 2.75) is 25.5 Å². The molecule has 3 nitrogen and oxygen atoms in total. The molecule has 100 valence electrons. The first-order valence-corrected chi connectivity index (χ1v) is 7.04. The fraction of sp³-hybridized carbons (Fsp3) is 0.500. The first-order valence-electron chi connectivity index (χ1n) is 6.06. The SMILES string of the molecule is CC(C)(C)SCC(=O)NCCOc1ccccc1. The van der Waals surface area contributed by atoms with Crippen LogP contribution in [0.3, 0.4) is 0 Å². The van der Waals surface area contributed by atoms with Gasteiger partial charge in [-0.3, -0.25) is 4.79 Å². The Morgan fingerprint density at radius 3 is 2.56 bits per heavy atom. The van der Waals surface area contributed by atoms with E-state index >= 15 is 0 Å². The molecule has 4 heteroatoms. The predicted molar refractivity (Wildman–Crippen MR) is 77.2 cm³/mol. The molecule has 1 N–H and O–H groups in total. The third-order valence-corrected chi connectivity index (χ3v) is 3.34. The Balaban J connectivity index is 2.09. The lowest BCUT2D eigenvalue weighted by atomic mass is 10.3. The number of thioether (sulfide) groups is 1. The molecule has 1 amide bonds. The zero-order chi connectivity index (χ0) is 13.4. The van der Waals surface area contributed by atoms with E-state index in [9.17, 15) is 4.79 Å². The van der Waals surface area contributed by atoms with E-state index < -0.39 is 0 Å². The minimum atomic E-state index is 0.0617. The van der Waals surface area contributed by atoms with Gasteiger partial charge < -0.3 is 10.1 Å². The summed E-state index contributed by atoms with van der Waals surface area (Å²) in [6.45, 7) is 7.34. The Bertz CT molecular complexity index is 360. The largest absolute Gasteiger partial charge is 0.492 e. The van der Waals surface area contributed by atoms with Crippen LogP contribution in [0.1, 0.15) is 20.8 Å². The van der Waals surface area contributed by atoms with E-state index in [0.717, 1.165) is 5.75 Å². The van der Waals surface area contributed by atoms with Gasteiger partial charge in [-0.1, -0.05) is 39.0 Å². The molecule has 0 aliphatic carbocycles. The van der Waals surface area contributed by atoms with E-state index in [1.54, 1.807) is 11.8 Å². The summed E-state index contributed by atoms with van der Waals surface area (Å²) < 4.78 is 5.60. The number of hydrogen-bond acceptors (Lipinski definition) is 3. The maximum atomic E-state index is 11.5. The molecule has 0 saturated carbocycles. The number of carbonyl (C=O) groups is 1. The Kier molecular flexibility index (Phi) is 6.05. The van der Waals surface area contributed by atoms with Gasteiger partial charge in [0.25, 0.3) is 0 Å². The van der Waals surface area contributed by atoms with E-state index in [2.05, 4.69) is 26.1 Å². The summed E-state index contributed by atoms with van der Waals surface area (Å²) in [5.74, 6) is 1.39. The van der Waals surface area contributed by atoms with Gasteiger partial charge in [-0.05, 0) is 12.1 Å². The van der Waals surface area contributed by atoms with Crippen molar-refractivity contribution in [3.05, 3.63) is 30.3 Å². The van der Waals surface area contributed by atoms with Crippen LogP contribution in [0.25, 0.3) is 0 Å². The fourth-order valence-corrected chi connectivity index (χ4v) is 1.88. The van der Waals surface area contributed by atoms with Gasteiger partial charge in [-0.2, -0.15) is 0 Å². The van der Waals surface area contributed by atoms with Crippen LogP contribution in [-0.2, 0) is 4.79 Å². The summed E-state index contributed by atoms with van der Waals surface area (Å²) in [6, 6.07) is 9.59. The molecular formula is C14H21NO2S. The predicted octanol–water partition coefficient (Wildman–Crippen LogP) is 2.71. The fourth-order valence-electron chi connectivity index (χ4n) is 1.21. The van der Waals surface area contributed by atoms with Crippen LogP contribution in [0.2, 0.25) is 0 Å². The van der Waals surface area contributed by atoms with Crippen molar-refractivity contribution in [2.24, 2.45) is 0 Å². The zero-order valence-corrected chi connectivity index (χ0v) is 12.0. The molecule has 1 aromatic rings. The minimum Gasteiger partial charge on any atom is -0.492 e. The van der Waals surface area contributed by atoms with E-state index in [-0.39, 0.29) is 10.7 Å². The average molecular weight is 267 g/mol. The lowest BCUT2D eigenvalue weighted by Gasteiger charge is -2.17. The van der Waals surface area contributed by atoms with Crippen molar-refractivity contribution in [1.29, 1.82) is 0 Å². The maximum Gasteiger partial charge on any atom is 0.230 e. The van der Waals surface area contributed by atoms with Crippen molar-refractivity contribution in [3.63, 3.8) is 0 Å². The second-order valence-electron chi connectivity index (χ2n) is 4.91. The standard InChI is InChI=1S/C14H21NO2S/c1-14(2,3)18-11-13(16)15-9-10-17-12-7-5-4-6-8-12/h4-8H,9-11H2,1-3H3,(H,15,16). The lowest BCUT2D eigenvalue weighted by Crippen LogP contribution is -2.30. The Morgan fingerprint density at radius 1 is 1.28 bits per heavy atom. The van der Waals surface area contributed by atoms with Gasteiger partial charge in [0.05, 0.1) is 12.3 Å². The van der Waals surface area contributed by atoms with Crippen LogP contribution in [0, 0.1) is 0 Å². The van der Waals surface area contributed by atoms with E-state index in [0.29, 0.717) is 18.9 Å². The summed E-state index contributed by atoms with van der Waals surface area (Å²) >= 11 is 1.64. The normalized spacial score (nSPS) is 11.1. The first kappa shape index (κ1) is 14.9. The molecule has 0 atom stereocenters. The molecule has 18 heavy (non-hydrogen) atoms. The molecule has 0 aromatic heterocycles. The van der Waals surface area contributed by atoms with Crippen LogP contribution in [0.4, 0.5) is 0 Å². The monoisotopic (exact) mass is 267 g/mol. The third kappa shape index (κ3) is 7.22. The van der Waals surface area contributed by atoms with Gasteiger partial charge in [-0.25, -0.2) is 0 Å². The summed E-state index contributed by atoms with van der Waals surface area (Å²) in [7, 11) is 0. The van der Waals surface area contributed by atoms with Crippen LogP contribution < -0.4 is 10.1 Å². The minimum absolute atomic E-state index is 0.0617. The van der Waals surface area contributed by atoms with Crippen molar-refractivity contribution >= 4 is 17.7 Å². The number of para-hydroxylation sites is 1. The van der Waals surface area contributed by atoms with E-state index in [4.69, 9.17) is 4.74 Å². The third-order valence-electron chi connectivity index (χ3n) is 2.07. The number of carbonyl (C=O) groups excluding carboxylic acids is 1. The highest BCUT2D eigenvalue weighted by Gasteiger charge is 2.12. The first-order chi connectivity index (χ1) is 8.47. The number of hydrogen-bond donors (Lipinski definition) is 1. The molecule has 0 spiro atoms. The van der Waals surface area contributed by atoms with Crippen LogP contribution in [0.5, 0.6) is 5.75 Å². The maximum absolute atomic E-state index is 11.5.